The Kier molecular flexibility index (Phi) is 12.9. The van der Waals surface area contributed by atoms with E-state index in [9.17, 15) is 29.1 Å². The zero-order chi connectivity index (χ0) is 29.8. The van der Waals surface area contributed by atoms with Gasteiger partial charge in [-0.3, -0.25) is 19.2 Å². The summed E-state index contributed by atoms with van der Waals surface area (Å²) in [6.07, 6.45) is 3.77. The summed E-state index contributed by atoms with van der Waals surface area (Å²) >= 11 is 1.43. The number of amides is 3. The van der Waals surface area contributed by atoms with E-state index in [-0.39, 0.29) is 25.2 Å². The monoisotopic (exact) mass is 577 g/mol. The maximum absolute atomic E-state index is 13.6. The number of hydrogen-bond acceptors (Lipinski definition) is 7. The van der Waals surface area contributed by atoms with E-state index < -0.39 is 60.2 Å². The van der Waals surface area contributed by atoms with E-state index in [0.717, 1.165) is 16.5 Å². The first-order valence-electron chi connectivity index (χ1n) is 13.1. The van der Waals surface area contributed by atoms with Crippen LogP contribution in [-0.4, -0.2) is 81.0 Å². The van der Waals surface area contributed by atoms with Crippen molar-refractivity contribution in [2.24, 2.45) is 11.7 Å². The molecule has 1 heterocycles. The average molecular weight is 578 g/mol. The second-order valence-electron chi connectivity index (χ2n) is 9.71. The molecule has 2 aromatic rings. The lowest BCUT2D eigenvalue weighted by molar-refractivity contribution is -0.143. The van der Waals surface area contributed by atoms with Gasteiger partial charge in [-0.1, -0.05) is 38.5 Å². The summed E-state index contributed by atoms with van der Waals surface area (Å²) in [7, 11) is 0. The number of thioether (sulfide) groups is 1. The van der Waals surface area contributed by atoms with Gasteiger partial charge in [-0.2, -0.15) is 11.8 Å². The number of carbonyl (C=O) groups is 5. The number of H-pyrrole nitrogens is 1. The van der Waals surface area contributed by atoms with Crippen molar-refractivity contribution in [1.82, 2.24) is 20.9 Å². The molecule has 0 aliphatic rings. The van der Waals surface area contributed by atoms with Crippen LogP contribution in [0.5, 0.6) is 0 Å². The van der Waals surface area contributed by atoms with Crippen molar-refractivity contribution in [3.63, 3.8) is 0 Å². The first-order valence-corrected chi connectivity index (χ1v) is 14.5. The molecule has 1 aromatic carbocycles. The predicted octanol–water partition coefficient (Wildman–Crippen LogP) is 1.24. The molecule has 0 fully saturated rings. The Hall–Kier alpha value is -3.58. The summed E-state index contributed by atoms with van der Waals surface area (Å²) in [5.74, 6) is -4.12. The maximum Gasteiger partial charge on any atom is 0.326 e. The molecule has 8 N–H and O–H groups in total. The minimum Gasteiger partial charge on any atom is -0.481 e. The van der Waals surface area contributed by atoms with Gasteiger partial charge >= 0.3 is 11.9 Å². The molecule has 0 aliphatic heterocycles. The minimum atomic E-state index is -1.44. The van der Waals surface area contributed by atoms with Gasteiger partial charge in [0.1, 0.15) is 18.1 Å². The first kappa shape index (κ1) is 32.6. The Morgan fingerprint density at radius 1 is 0.950 bits per heavy atom. The van der Waals surface area contributed by atoms with E-state index in [1.54, 1.807) is 6.20 Å². The Morgan fingerprint density at radius 2 is 1.57 bits per heavy atom. The molecule has 12 nitrogen and oxygen atoms in total. The zero-order valence-corrected chi connectivity index (χ0v) is 23.8. The number of aliphatic carboxylic acids is 2. The third-order valence-corrected chi connectivity index (χ3v) is 7.44. The second kappa shape index (κ2) is 15.9. The van der Waals surface area contributed by atoms with E-state index in [1.165, 1.54) is 11.8 Å². The van der Waals surface area contributed by atoms with Crippen molar-refractivity contribution >= 4 is 52.3 Å². The molecule has 40 heavy (non-hydrogen) atoms. The van der Waals surface area contributed by atoms with Crippen LogP contribution in [0, 0.1) is 5.92 Å². The second-order valence-corrected chi connectivity index (χ2v) is 10.7. The smallest absolute Gasteiger partial charge is 0.326 e. The normalized spacial score (nSPS) is 14.9. The molecule has 5 unspecified atom stereocenters. The van der Waals surface area contributed by atoms with Gasteiger partial charge in [0.15, 0.2) is 0 Å². The number of carbonyl (C=O) groups excluding carboxylic acids is 3. The number of benzene rings is 1. The van der Waals surface area contributed by atoms with Gasteiger partial charge in [0.2, 0.25) is 17.7 Å². The lowest BCUT2D eigenvalue weighted by atomic mass is 9.98. The fourth-order valence-electron chi connectivity index (χ4n) is 4.08. The van der Waals surface area contributed by atoms with Crippen LogP contribution in [0.2, 0.25) is 0 Å². The van der Waals surface area contributed by atoms with Gasteiger partial charge in [-0.15, -0.1) is 0 Å². The molecular weight excluding hydrogens is 538 g/mol. The molecule has 0 aliphatic carbocycles. The number of aromatic nitrogens is 1. The number of carboxylic acids is 2. The topological polar surface area (TPSA) is 204 Å². The van der Waals surface area contributed by atoms with Crippen molar-refractivity contribution in [3.05, 3.63) is 36.0 Å². The highest BCUT2D eigenvalue weighted by molar-refractivity contribution is 7.98. The predicted molar refractivity (Wildman–Crippen MR) is 153 cm³/mol. The van der Waals surface area contributed by atoms with Gasteiger partial charge in [-0.05, 0) is 42.4 Å². The number of nitrogens with two attached hydrogens (primary N) is 1. The van der Waals surface area contributed by atoms with E-state index in [4.69, 9.17) is 10.8 Å². The van der Waals surface area contributed by atoms with E-state index in [0.29, 0.717) is 12.2 Å². The molecule has 2 rings (SSSR count). The summed E-state index contributed by atoms with van der Waals surface area (Å²) in [5, 5.41) is 27.0. The third-order valence-electron chi connectivity index (χ3n) is 6.80. The largest absolute Gasteiger partial charge is 0.481 e. The van der Waals surface area contributed by atoms with Crippen LogP contribution in [0.1, 0.15) is 45.1 Å². The Balaban J connectivity index is 2.29. The van der Waals surface area contributed by atoms with Crippen molar-refractivity contribution in [1.29, 1.82) is 0 Å². The highest BCUT2D eigenvalue weighted by atomic mass is 32.2. The third kappa shape index (κ3) is 9.56. The Labute approximate surface area is 237 Å². The number of hydrogen-bond donors (Lipinski definition) is 7. The van der Waals surface area contributed by atoms with Gasteiger partial charge in [0.25, 0.3) is 0 Å². The van der Waals surface area contributed by atoms with Gasteiger partial charge in [0.05, 0.1) is 6.04 Å². The molecule has 3 amide bonds. The number of fused-ring (bicyclic) bond motifs is 1. The fourth-order valence-corrected chi connectivity index (χ4v) is 4.56. The number of carboxylic acid groups (broad SMARTS) is 2. The molecule has 1 aromatic heterocycles. The lowest BCUT2D eigenvalue weighted by Crippen LogP contribution is -2.58. The highest BCUT2D eigenvalue weighted by Crippen LogP contribution is 2.19. The van der Waals surface area contributed by atoms with E-state index in [1.807, 2.05) is 44.4 Å². The number of aromatic amines is 1. The van der Waals surface area contributed by atoms with E-state index >= 15 is 0 Å². The summed E-state index contributed by atoms with van der Waals surface area (Å²) in [4.78, 5) is 65.2. The van der Waals surface area contributed by atoms with Crippen LogP contribution in [0.4, 0.5) is 0 Å². The summed E-state index contributed by atoms with van der Waals surface area (Å²) in [6.45, 7) is 3.74. The molecule has 5 atom stereocenters. The fraction of sp³-hybridized carbons (Fsp3) is 0.519. The molecule has 220 valence electrons. The standard InChI is InChI=1S/C27H39N5O7S/c1-4-15(2)23(28)26(37)32-21(13-16-14-29-18-8-6-5-7-17(16)18)25(36)30-19(11-12-40-3)24(35)31-20(27(38)39)9-10-22(33)34/h5-8,14-15,19-21,23,29H,4,9-13,28H2,1-3H3,(H,30,36)(H,31,35)(H,32,37)(H,33,34)(H,38,39). The minimum absolute atomic E-state index is 0.113. The van der Waals surface area contributed by atoms with Crippen LogP contribution in [0.15, 0.2) is 30.5 Å². The van der Waals surface area contributed by atoms with Crippen molar-refractivity contribution < 1.29 is 34.2 Å². The van der Waals surface area contributed by atoms with Gasteiger partial charge < -0.3 is 36.9 Å². The summed E-state index contributed by atoms with van der Waals surface area (Å²) < 4.78 is 0. The molecule has 13 heteroatoms. The number of nitrogens with one attached hydrogen (secondary N) is 4. The quantitative estimate of drug-likeness (QED) is 0.144. The van der Waals surface area contributed by atoms with Crippen molar-refractivity contribution in [3.8, 4) is 0 Å². The van der Waals surface area contributed by atoms with Crippen LogP contribution < -0.4 is 21.7 Å². The van der Waals surface area contributed by atoms with Crippen molar-refractivity contribution in [2.45, 2.75) is 70.1 Å². The first-order chi connectivity index (χ1) is 19.0. The maximum atomic E-state index is 13.6. The Bertz CT molecular complexity index is 1190. The van der Waals surface area contributed by atoms with E-state index in [2.05, 4.69) is 20.9 Å². The summed E-state index contributed by atoms with van der Waals surface area (Å²) in [5.41, 5.74) is 7.75. The van der Waals surface area contributed by atoms with Crippen molar-refractivity contribution in [2.75, 3.05) is 12.0 Å². The van der Waals surface area contributed by atoms with Gasteiger partial charge in [-0.25, -0.2) is 4.79 Å². The molecular formula is C27H39N5O7S. The molecule has 0 saturated heterocycles. The van der Waals surface area contributed by atoms with Crippen LogP contribution in [0.3, 0.4) is 0 Å². The van der Waals surface area contributed by atoms with Crippen LogP contribution in [-0.2, 0) is 30.4 Å². The SMILES string of the molecule is CCC(C)C(N)C(=O)NC(Cc1c[nH]c2ccccc12)C(=O)NC(CCSC)C(=O)NC(CCC(=O)O)C(=O)O. The van der Waals surface area contributed by atoms with Gasteiger partial charge in [0, 0.05) is 29.9 Å². The lowest BCUT2D eigenvalue weighted by Gasteiger charge is -2.26. The summed E-state index contributed by atoms with van der Waals surface area (Å²) in [6, 6.07) is 3.04. The highest BCUT2D eigenvalue weighted by Gasteiger charge is 2.31. The molecule has 0 saturated carbocycles. The molecule has 0 bridgehead atoms. The number of para-hydroxylation sites is 1. The molecule has 0 radical (unpaired) electrons. The van der Waals surface area contributed by atoms with Crippen LogP contribution >= 0.6 is 11.8 Å². The number of rotatable bonds is 17. The average Bonchev–Trinajstić information content (AvgIpc) is 3.33. The molecule has 0 spiro atoms. The zero-order valence-electron chi connectivity index (χ0n) is 22.9. The van der Waals surface area contributed by atoms with Crippen LogP contribution in [0.25, 0.3) is 10.9 Å². The Morgan fingerprint density at radius 3 is 2.20 bits per heavy atom.